The van der Waals surface area contributed by atoms with Crippen LogP contribution in [0.2, 0.25) is 0 Å². The molecule has 1 spiro atoms. The molecule has 1 amide bonds. The number of aryl methyl sites for hydroxylation is 2. The highest BCUT2D eigenvalue weighted by atomic mass is 16.4. The summed E-state index contributed by atoms with van der Waals surface area (Å²) in [4.78, 5) is 35.2. The van der Waals surface area contributed by atoms with E-state index in [1.807, 2.05) is 26.0 Å². The Labute approximate surface area is 167 Å². The number of carboxylic acid groups (broad SMARTS) is 1. The van der Waals surface area contributed by atoms with Crippen LogP contribution in [0.3, 0.4) is 0 Å². The smallest absolute Gasteiger partial charge is 0.432 e. The highest BCUT2D eigenvalue weighted by Crippen LogP contribution is 2.48. The predicted octanol–water partition coefficient (Wildman–Crippen LogP) is 3.26. The highest BCUT2D eigenvalue weighted by Gasteiger charge is 2.49. The van der Waals surface area contributed by atoms with Gasteiger partial charge in [0.1, 0.15) is 5.82 Å². The number of benzene rings is 1. The van der Waals surface area contributed by atoms with E-state index in [0.717, 1.165) is 47.3 Å². The molecule has 0 atom stereocenters. The first-order valence-corrected chi connectivity index (χ1v) is 9.72. The number of fused-ring (bicyclic) bond motifs is 1. The number of carbonyl (C=O) groups is 2. The number of rotatable bonds is 2. The van der Waals surface area contributed by atoms with E-state index in [1.54, 1.807) is 17.3 Å². The molecular weight excluding hydrogens is 370 g/mol. The van der Waals surface area contributed by atoms with Gasteiger partial charge >= 0.3 is 6.09 Å². The maximum atomic E-state index is 13.1. The molecular formula is C21H21N5O3. The summed E-state index contributed by atoms with van der Waals surface area (Å²) in [6.07, 6.45) is 5.79. The standard InChI is InChI=1S/C21H21N5O3/c1-12-6-14(15-8-22-13(2)23-9-15)7-16-17(24-26(18(12)16)20(28)29)19(27)25-10-21(11-25)4-3-5-21/h6-9H,3-5,10-11H2,1-2H3,(H,28,29). The van der Waals surface area contributed by atoms with Gasteiger partial charge in [0.05, 0.1) is 5.52 Å². The zero-order valence-electron chi connectivity index (χ0n) is 16.3. The number of nitrogens with zero attached hydrogens (tertiary/aromatic N) is 5. The molecule has 1 aromatic carbocycles. The van der Waals surface area contributed by atoms with Crippen LogP contribution in [0.4, 0.5) is 4.79 Å². The molecule has 1 N–H and O–H groups in total. The molecule has 148 valence electrons. The van der Waals surface area contributed by atoms with Gasteiger partial charge in [0.15, 0.2) is 5.69 Å². The van der Waals surface area contributed by atoms with Crippen molar-refractivity contribution in [2.75, 3.05) is 13.1 Å². The molecule has 1 aliphatic heterocycles. The maximum Gasteiger partial charge on any atom is 0.432 e. The lowest BCUT2D eigenvalue weighted by Crippen LogP contribution is -2.61. The lowest BCUT2D eigenvalue weighted by molar-refractivity contribution is -0.0428. The van der Waals surface area contributed by atoms with E-state index in [4.69, 9.17) is 0 Å². The zero-order valence-corrected chi connectivity index (χ0v) is 16.3. The second-order valence-electron chi connectivity index (χ2n) is 8.27. The van der Waals surface area contributed by atoms with E-state index in [1.165, 1.54) is 6.42 Å². The van der Waals surface area contributed by atoms with E-state index in [2.05, 4.69) is 15.1 Å². The monoisotopic (exact) mass is 391 g/mol. The molecule has 0 bridgehead atoms. The average Bonchev–Trinajstić information content (AvgIpc) is 3.00. The molecule has 3 heterocycles. The number of hydrogen-bond acceptors (Lipinski definition) is 5. The Bertz CT molecular complexity index is 1150. The fraction of sp³-hybridized carbons (Fsp3) is 0.381. The Morgan fingerprint density at radius 1 is 1.07 bits per heavy atom. The summed E-state index contributed by atoms with van der Waals surface area (Å²) >= 11 is 0. The van der Waals surface area contributed by atoms with Crippen molar-refractivity contribution in [3.05, 3.63) is 41.6 Å². The first-order chi connectivity index (χ1) is 13.9. The summed E-state index contributed by atoms with van der Waals surface area (Å²) < 4.78 is 0.909. The minimum absolute atomic E-state index is 0.189. The van der Waals surface area contributed by atoms with Gasteiger partial charge in [0.25, 0.3) is 5.91 Å². The Morgan fingerprint density at radius 2 is 1.76 bits per heavy atom. The highest BCUT2D eigenvalue weighted by molar-refractivity contribution is 6.08. The molecule has 1 saturated carbocycles. The molecule has 0 unspecified atom stereocenters. The molecule has 2 fully saturated rings. The van der Waals surface area contributed by atoms with Crippen LogP contribution in [-0.4, -0.2) is 54.8 Å². The fourth-order valence-corrected chi connectivity index (χ4v) is 4.50. The van der Waals surface area contributed by atoms with Gasteiger partial charge in [-0.3, -0.25) is 4.79 Å². The normalized spacial score (nSPS) is 17.2. The molecule has 1 saturated heterocycles. The van der Waals surface area contributed by atoms with Gasteiger partial charge < -0.3 is 10.0 Å². The largest absolute Gasteiger partial charge is 0.463 e. The number of amides is 1. The molecule has 8 heteroatoms. The van der Waals surface area contributed by atoms with E-state index >= 15 is 0 Å². The van der Waals surface area contributed by atoms with Crippen LogP contribution in [0, 0.1) is 19.3 Å². The SMILES string of the molecule is Cc1ncc(-c2cc(C)c3c(c2)c(C(=O)N2CC4(CCC4)C2)nn3C(=O)O)cn1. The third-order valence-electron chi connectivity index (χ3n) is 6.22. The summed E-state index contributed by atoms with van der Waals surface area (Å²) in [5.41, 5.74) is 3.28. The predicted molar refractivity (Wildman–Crippen MR) is 106 cm³/mol. The van der Waals surface area contributed by atoms with Crippen LogP contribution in [0.1, 0.15) is 41.1 Å². The number of carbonyl (C=O) groups excluding carboxylic acids is 1. The van der Waals surface area contributed by atoms with Crippen molar-refractivity contribution in [1.29, 1.82) is 0 Å². The Morgan fingerprint density at radius 3 is 2.34 bits per heavy atom. The van der Waals surface area contributed by atoms with E-state index < -0.39 is 6.09 Å². The first-order valence-electron chi connectivity index (χ1n) is 9.72. The van der Waals surface area contributed by atoms with Crippen molar-refractivity contribution in [3.8, 4) is 11.1 Å². The van der Waals surface area contributed by atoms with Crippen molar-refractivity contribution in [2.24, 2.45) is 5.41 Å². The molecule has 2 aromatic heterocycles. The van der Waals surface area contributed by atoms with Crippen molar-refractivity contribution in [2.45, 2.75) is 33.1 Å². The summed E-state index contributed by atoms with van der Waals surface area (Å²) in [6, 6.07) is 3.69. The second kappa shape index (κ2) is 6.10. The summed E-state index contributed by atoms with van der Waals surface area (Å²) in [5.74, 6) is 0.466. The van der Waals surface area contributed by atoms with Crippen LogP contribution in [0.25, 0.3) is 22.0 Å². The quantitative estimate of drug-likeness (QED) is 0.719. The number of aromatic nitrogens is 4. The Kier molecular flexibility index (Phi) is 3.74. The molecule has 1 aliphatic carbocycles. The molecule has 3 aromatic rings. The Hall–Kier alpha value is -3.29. The van der Waals surface area contributed by atoms with Crippen molar-refractivity contribution >= 4 is 22.9 Å². The van der Waals surface area contributed by atoms with E-state index in [-0.39, 0.29) is 11.6 Å². The summed E-state index contributed by atoms with van der Waals surface area (Å²) in [7, 11) is 0. The zero-order chi connectivity index (χ0) is 20.3. The lowest BCUT2D eigenvalue weighted by atomic mass is 9.63. The van der Waals surface area contributed by atoms with E-state index in [0.29, 0.717) is 22.1 Å². The average molecular weight is 391 g/mol. The number of hydrogen-bond donors (Lipinski definition) is 1. The number of likely N-dealkylation sites (tertiary alicyclic amines) is 1. The van der Waals surface area contributed by atoms with Crippen LogP contribution >= 0.6 is 0 Å². The van der Waals surface area contributed by atoms with Crippen LogP contribution in [0.5, 0.6) is 0 Å². The third kappa shape index (κ3) is 2.70. The molecule has 8 nitrogen and oxygen atoms in total. The van der Waals surface area contributed by atoms with Gasteiger partial charge in [-0.1, -0.05) is 6.42 Å². The second-order valence-corrected chi connectivity index (χ2v) is 8.27. The summed E-state index contributed by atoms with van der Waals surface area (Å²) in [6.45, 7) is 5.10. The van der Waals surface area contributed by atoms with Gasteiger partial charge in [0.2, 0.25) is 0 Å². The minimum atomic E-state index is -1.21. The van der Waals surface area contributed by atoms with Crippen LogP contribution in [-0.2, 0) is 0 Å². The lowest BCUT2D eigenvalue weighted by Gasteiger charge is -2.55. The fourth-order valence-electron chi connectivity index (χ4n) is 4.50. The van der Waals surface area contributed by atoms with Crippen LogP contribution < -0.4 is 0 Å². The van der Waals surface area contributed by atoms with Gasteiger partial charge in [-0.2, -0.15) is 9.78 Å². The van der Waals surface area contributed by atoms with Gasteiger partial charge in [-0.15, -0.1) is 0 Å². The molecule has 0 radical (unpaired) electrons. The van der Waals surface area contributed by atoms with Crippen LogP contribution in [0.15, 0.2) is 24.5 Å². The third-order valence-corrected chi connectivity index (χ3v) is 6.22. The van der Waals surface area contributed by atoms with Crippen molar-refractivity contribution in [1.82, 2.24) is 24.6 Å². The van der Waals surface area contributed by atoms with E-state index in [9.17, 15) is 14.7 Å². The van der Waals surface area contributed by atoms with Crippen molar-refractivity contribution < 1.29 is 14.7 Å². The Balaban J connectivity index is 1.61. The molecule has 5 rings (SSSR count). The van der Waals surface area contributed by atoms with Gasteiger partial charge in [-0.25, -0.2) is 14.8 Å². The molecule has 29 heavy (non-hydrogen) atoms. The maximum absolute atomic E-state index is 13.1. The van der Waals surface area contributed by atoms with Gasteiger partial charge in [-0.05, 0) is 49.9 Å². The van der Waals surface area contributed by atoms with Gasteiger partial charge in [0, 0.05) is 41.8 Å². The summed E-state index contributed by atoms with van der Waals surface area (Å²) in [5, 5.41) is 14.3. The minimum Gasteiger partial charge on any atom is -0.463 e. The first kappa shape index (κ1) is 17.8. The van der Waals surface area contributed by atoms with Crippen molar-refractivity contribution in [3.63, 3.8) is 0 Å². The molecule has 2 aliphatic rings. The topological polar surface area (TPSA) is 101 Å².